The van der Waals surface area contributed by atoms with Gasteiger partial charge in [0.2, 0.25) is 0 Å². The van der Waals surface area contributed by atoms with Crippen molar-refractivity contribution in [3.8, 4) is 0 Å². The molecule has 1 aliphatic rings. The number of rotatable bonds is 4. The lowest BCUT2D eigenvalue weighted by molar-refractivity contribution is -0.115. The van der Waals surface area contributed by atoms with E-state index >= 15 is 0 Å². The molecule has 1 aliphatic heterocycles. The number of aliphatic imine (C=N–C) groups is 1. The third-order valence-corrected chi connectivity index (χ3v) is 5.62. The van der Waals surface area contributed by atoms with Crippen LogP contribution in [-0.4, -0.2) is 21.7 Å². The molecule has 2 N–H and O–H groups in total. The Labute approximate surface area is 182 Å². The van der Waals surface area contributed by atoms with Crippen LogP contribution >= 0.6 is 11.8 Å². The molecule has 0 spiro atoms. The minimum absolute atomic E-state index is 0.219. The summed E-state index contributed by atoms with van der Waals surface area (Å²) in [5, 5.41) is 3.14. The summed E-state index contributed by atoms with van der Waals surface area (Å²) in [6.07, 6.45) is 1.76. The molecule has 1 fully saturated rings. The molecule has 2 aromatic carbocycles. The maximum absolute atomic E-state index is 13.1. The summed E-state index contributed by atoms with van der Waals surface area (Å²) < 4.78 is 14.8. The number of aromatic nitrogens is 1. The van der Waals surface area contributed by atoms with E-state index in [1.54, 1.807) is 47.2 Å². The maximum Gasteiger partial charge on any atom is 0.270 e. The Bertz CT molecular complexity index is 1210. The lowest BCUT2D eigenvalue weighted by atomic mass is 10.2. The molecule has 1 saturated heterocycles. The molecule has 2 amide bonds. The fourth-order valence-corrected chi connectivity index (χ4v) is 3.95. The number of thioether (sulfide) groups is 1. The highest BCUT2D eigenvalue weighted by Gasteiger charge is 2.24. The van der Waals surface area contributed by atoms with Crippen molar-refractivity contribution in [3.05, 3.63) is 93.9 Å². The number of nitrogens with one attached hydrogen (secondary N) is 2. The van der Waals surface area contributed by atoms with Crippen molar-refractivity contribution in [2.45, 2.75) is 13.8 Å². The van der Waals surface area contributed by atoms with Gasteiger partial charge in [-0.25, -0.2) is 9.38 Å². The lowest BCUT2D eigenvalue weighted by Crippen LogP contribution is -2.24. The second kappa shape index (κ2) is 8.61. The number of carbonyl (C=O) groups is 2. The van der Waals surface area contributed by atoms with Crippen molar-refractivity contribution in [2.75, 3.05) is 5.43 Å². The van der Waals surface area contributed by atoms with Crippen molar-refractivity contribution >= 4 is 40.5 Å². The van der Waals surface area contributed by atoms with Crippen molar-refractivity contribution in [3.63, 3.8) is 0 Å². The van der Waals surface area contributed by atoms with Gasteiger partial charge < -0.3 is 5.32 Å². The van der Waals surface area contributed by atoms with Crippen LogP contribution in [-0.2, 0) is 4.79 Å². The number of benzene rings is 2. The first-order valence-corrected chi connectivity index (χ1v) is 10.3. The average molecular weight is 434 g/mol. The van der Waals surface area contributed by atoms with Gasteiger partial charge in [0.1, 0.15) is 5.82 Å². The third-order valence-electron chi connectivity index (χ3n) is 4.71. The van der Waals surface area contributed by atoms with E-state index in [1.807, 2.05) is 26.0 Å². The summed E-state index contributed by atoms with van der Waals surface area (Å²) >= 11 is 1.21. The number of carbonyl (C=O) groups excluding carboxylic acids is 2. The first-order valence-electron chi connectivity index (χ1n) is 9.51. The van der Waals surface area contributed by atoms with Crippen LogP contribution < -0.4 is 10.7 Å². The fourth-order valence-electron chi connectivity index (χ4n) is 3.12. The number of halogens is 1. The highest BCUT2D eigenvalue weighted by atomic mass is 32.2. The highest BCUT2D eigenvalue weighted by Crippen LogP contribution is 2.29. The van der Waals surface area contributed by atoms with Gasteiger partial charge in [0.15, 0.2) is 5.17 Å². The molecule has 0 aliphatic carbocycles. The molecule has 4 rings (SSSR count). The Morgan fingerprint density at radius 3 is 2.55 bits per heavy atom. The molecule has 0 atom stereocenters. The van der Waals surface area contributed by atoms with E-state index < -0.39 is 0 Å². The van der Waals surface area contributed by atoms with Crippen LogP contribution in [0.5, 0.6) is 0 Å². The first kappa shape index (κ1) is 20.6. The van der Waals surface area contributed by atoms with Crippen LogP contribution in [0.15, 0.2) is 70.6 Å². The van der Waals surface area contributed by atoms with E-state index in [4.69, 9.17) is 0 Å². The van der Waals surface area contributed by atoms with Crippen LogP contribution in [0.3, 0.4) is 0 Å². The van der Waals surface area contributed by atoms with Crippen molar-refractivity contribution in [1.29, 1.82) is 0 Å². The predicted molar refractivity (Wildman–Crippen MR) is 121 cm³/mol. The maximum atomic E-state index is 13.1. The Hall–Kier alpha value is -3.65. The molecule has 8 heteroatoms. The SMILES string of the molecule is Cc1cc(/C=C2\SC(=Nc3ccc(F)cc3)NC2=O)c(C)n1NC(=O)c1ccccc1. The van der Waals surface area contributed by atoms with Gasteiger partial charge in [0.25, 0.3) is 11.8 Å². The van der Waals surface area contributed by atoms with Gasteiger partial charge in [0.05, 0.1) is 10.6 Å². The van der Waals surface area contributed by atoms with Gasteiger partial charge >= 0.3 is 0 Å². The number of amidine groups is 1. The second-order valence-electron chi connectivity index (χ2n) is 6.93. The zero-order chi connectivity index (χ0) is 22.0. The summed E-state index contributed by atoms with van der Waals surface area (Å²) in [6, 6.07) is 16.6. The summed E-state index contributed by atoms with van der Waals surface area (Å²) in [5.41, 5.74) is 6.43. The zero-order valence-corrected chi connectivity index (χ0v) is 17.7. The molecule has 0 bridgehead atoms. The Morgan fingerprint density at radius 1 is 1.13 bits per heavy atom. The lowest BCUT2D eigenvalue weighted by Gasteiger charge is -2.11. The van der Waals surface area contributed by atoms with Gasteiger partial charge in [0, 0.05) is 17.0 Å². The molecule has 0 unspecified atom stereocenters. The third kappa shape index (κ3) is 4.59. The van der Waals surface area contributed by atoms with Gasteiger partial charge in [-0.2, -0.15) is 0 Å². The largest absolute Gasteiger partial charge is 0.300 e. The van der Waals surface area contributed by atoms with Crippen LogP contribution in [0, 0.1) is 19.7 Å². The van der Waals surface area contributed by atoms with Crippen molar-refractivity contribution in [2.24, 2.45) is 4.99 Å². The van der Waals surface area contributed by atoms with E-state index in [0.717, 1.165) is 17.0 Å². The van der Waals surface area contributed by atoms with Gasteiger partial charge in [-0.3, -0.25) is 19.7 Å². The van der Waals surface area contributed by atoms with Gasteiger partial charge in [-0.15, -0.1) is 0 Å². The molecule has 0 radical (unpaired) electrons. The summed E-state index contributed by atoms with van der Waals surface area (Å²) in [5.74, 6) is -0.824. The number of aryl methyl sites for hydroxylation is 1. The molecule has 0 saturated carbocycles. The Kier molecular flexibility index (Phi) is 5.73. The van der Waals surface area contributed by atoms with E-state index in [0.29, 0.717) is 21.3 Å². The van der Waals surface area contributed by atoms with Crippen LogP contribution in [0.1, 0.15) is 27.3 Å². The minimum atomic E-state index is -0.345. The molecule has 156 valence electrons. The van der Waals surface area contributed by atoms with E-state index in [2.05, 4.69) is 15.7 Å². The molecule has 6 nitrogen and oxygen atoms in total. The molecule has 1 aromatic heterocycles. The molecule has 31 heavy (non-hydrogen) atoms. The normalized spacial score (nSPS) is 16.0. The zero-order valence-electron chi connectivity index (χ0n) is 16.8. The topological polar surface area (TPSA) is 75.5 Å². The van der Waals surface area contributed by atoms with Crippen molar-refractivity contribution in [1.82, 2.24) is 9.99 Å². The predicted octanol–water partition coefficient (Wildman–Crippen LogP) is 4.52. The van der Waals surface area contributed by atoms with Crippen LogP contribution in [0.2, 0.25) is 0 Å². The number of nitrogens with zero attached hydrogens (tertiary/aromatic N) is 2. The monoisotopic (exact) mass is 434 g/mol. The van der Waals surface area contributed by atoms with Crippen LogP contribution in [0.25, 0.3) is 6.08 Å². The quantitative estimate of drug-likeness (QED) is 0.593. The highest BCUT2D eigenvalue weighted by molar-refractivity contribution is 8.18. The summed E-state index contributed by atoms with van der Waals surface area (Å²) in [7, 11) is 0. The second-order valence-corrected chi connectivity index (χ2v) is 7.96. The first-order chi connectivity index (χ1) is 14.9. The molecule has 3 aromatic rings. The summed E-state index contributed by atoms with van der Waals surface area (Å²) in [6.45, 7) is 3.75. The molecule has 2 heterocycles. The molecular weight excluding hydrogens is 415 g/mol. The van der Waals surface area contributed by atoms with E-state index in [9.17, 15) is 14.0 Å². The van der Waals surface area contributed by atoms with E-state index in [1.165, 1.54) is 23.9 Å². The van der Waals surface area contributed by atoms with Crippen molar-refractivity contribution < 1.29 is 14.0 Å². The minimum Gasteiger partial charge on any atom is -0.300 e. The number of amides is 2. The smallest absolute Gasteiger partial charge is 0.270 e. The van der Waals surface area contributed by atoms with E-state index in [-0.39, 0.29) is 17.6 Å². The van der Waals surface area contributed by atoms with Gasteiger partial charge in [-0.05, 0) is 79.7 Å². The fraction of sp³-hybridized carbons (Fsp3) is 0.0870. The Balaban J connectivity index is 1.55. The Morgan fingerprint density at radius 2 is 1.84 bits per heavy atom. The number of hydrogen-bond donors (Lipinski definition) is 2. The number of hydrogen-bond acceptors (Lipinski definition) is 4. The van der Waals surface area contributed by atoms with Gasteiger partial charge in [-0.1, -0.05) is 18.2 Å². The standard InChI is InChI=1S/C23H19FN4O2S/c1-14-12-17(15(2)28(14)27-21(29)16-6-4-3-5-7-16)13-20-22(30)26-23(31-20)25-19-10-8-18(24)9-11-19/h3-13H,1-2H3,(H,27,29)(H,25,26,30)/b20-13-. The molecular formula is C23H19FN4O2S. The average Bonchev–Trinajstić information content (AvgIpc) is 3.23. The van der Waals surface area contributed by atoms with Crippen LogP contribution in [0.4, 0.5) is 10.1 Å². The summed E-state index contributed by atoms with van der Waals surface area (Å²) in [4.78, 5) is 29.7.